The van der Waals surface area contributed by atoms with Gasteiger partial charge in [-0.25, -0.2) is 0 Å². The van der Waals surface area contributed by atoms with Crippen LogP contribution in [0.25, 0.3) is 0 Å². The van der Waals surface area contributed by atoms with Crippen LogP contribution in [0.5, 0.6) is 0 Å². The Morgan fingerprint density at radius 1 is 0.846 bits per heavy atom. The van der Waals surface area contributed by atoms with E-state index in [0.29, 0.717) is 25.6 Å². The van der Waals surface area contributed by atoms with Crippen LogP contribution in [0.4, 0.5) is 0 Å². The van der Waals surface area contributed by atoms with Gasteiger partial charge in [-0.1, -0.05) is 39.5 Å². The van der Waals surface area contributed by atoms with Crippen LogP contribution in [0.2, 0.25) is 0 Å². The molecule has 0 amide bonds. The second kappa shape index (κ2) is 11.6. The van der Waals surface area contributed by atoms with E-state index in [9.17, 15) is 9.59 Å². The molecule has 4 nitrogen and oxygen atoms in total. The lowest BCUT2D eigenvalue weighted by Crippen LogP contribution is -2.25. The third-order valence-electron chi connectivity index (χ3n) is 6.39. The van der Waals surface area contributed by atoms with Crippen LogP contribution >= 0.6 is 0 Å². The molecule has 2 rings (SSSR count). The van der Waals surface area contributed by atoms with E-state index in [4.69, 9.17) is 9.47 Å². The van der Waals surface area contributed by atoms with Gasteiger partial charge < -0.3 is 9.47 Å². The van der Waals surface area contributed by atoms with Crippen molar-refractivity contribution in [1.29, 1.82) is 0 Å². The van der Waals surface area contributed by atoms with E-state index >= 15 is 0 Å². The van der Waals surface area contributed by atoms with E-state index in [1.807, 2.05) is 0 Å². The molecule has 0 aromatic heterocycles. The predicted octanol–water partition coefficient (Wildman–Crippen LogP) is 5.29. The minimum absolute atomic E-state index is 0.0138. The second-order valence-electron chi connectivity index (χ2n) is 8.63. The summed E-state index contributed by atoms with van der Waals surface area (Å²) in [5, 5.41) is 0. The first-order valence-corrected chi connectivity index (χ1v) is 10.9. The van der Waals surface area contributed by atoms with Crippen molar-refractivity contribution in [2.24, 2.45) is 23.7 Å². The van der Waals surface area contributed by atoms with Crippen molar-refractivity contribution in [2.45, 2.75) is 90.9 Å². The van der Waals surface area contributed by atoms with Gasteiger partial charge in [0.1, 0.15) is 0 Å². The van der Waals surface area contributed by atoms with E-state index in [2.05, 4.69) is 13.8 Å². The van der Waals surface area contributed by atoms with Crippen molar-refractivity contribution < 1.29 is 19.1 Å². The summed E-state index contributed by atoms with van der Waals surface area (Å²) in [6.07, 6.45) is 12.2. The lowest BCUT2D eigenvalue weighted by molar-refractivity contribution is -0.150. The van der Waals surface area contributed by atoms with Gasteiger partial charge in [-0.15, -0.1) is 0 Å². The first-order valence-electron chi connectivity index (χ1n) is 10.9. The van der Waals surface area contributed by atoms with Crippen molar-refractivity contribution >= 4 is 11.9 Å². The standard InChI is InChI=1S/C22H38O4/c1-17-12-13-19(15-18(17)2)16-26-21(23)11-7-4-8-14-25-22(24)20-9-5-3-6-10-20/h17-20H,3-16H2,1-2H3. The van der Waals surface area contributed by atoms with Crippen molar-refractivity contribution in [1.82, 2.24) is 0 Å². The molecule has 0 aromatic rings. The van der Waals surface area contributed by atoms with Gasteiger partial charge in [0.25, 0.3) is 0 Å². The van der Waals surface area contributed by atoms with Gasteiger partial charge >= 0.3 is 11.9 Å². The Bertz CT molecular complexity index is 428. The number of esters is 2. The summed E-state index contributed by atoms with van der Waals surface area (Å²) in [5.74, 6) is 2.13. The van der Waals surface area contributed by atoms with Gasteiger partial charge in [-0.2, -0.15) is 0 Å². The second-order valence-corrected chi connectivity index (χ2v) is 8.63. The molecule has 0 heterocycles. The van der Waals surface area contributed by atoms with Gasteiger partial charge in [0.15, 0.2) is 0 Å². The minimum Gasteiger partial charge on any atom is -0.465 e. The van der Waals surface area contributed by atoms with Crippen LogP contribution in [-0.2, 0) is 19.1 Å². The predicted molar refractivity (Wildman–Crippen MR) is 103 cm³/mol. The Kier molecular flexibility index (Phi) is 9.49. The molecule has 0 bridgehead atoms. The van der Waals surface area contributed by atoms with Crippen molar-refractivity contribution in [3.8, 4) is 0 Å². The molecular weight excluding hydrogens is 328 g/mol. The van der Waals surface area contributed by atoms with Gasteiger partial charge in [0.2, 0.25) is 0 Å². The summed E-state index contributed by atoms with van der Waals surface area (Å²) in [6, 6.07) is 0. The van der Waals surface area contributed by atoms with Gasteiger partial charge in [-0.05, 0) is 62.7 Å². The van der Waals surface area contributed by atoms with Crippen molar-refractivity contribution in [3.05, 3.63) is 0 Å². The Balaban J connectivity index is 1.44. The van der Waals surface area contributed by atoms with Crippen LogP contribution in [-0.4, -0.2) is 25.2 Å². The lowest BCUT2D eigenvalue weighted by atomic mass is 9.76. The van der Waals surface area contributed by atoms with E-state index in [1.165, 1.54) is 25.7 Å². The zero-order chi connectivity index (χ0) is 18.8. The molecule has 0 aliphatic heterocycles. The highest BCUT2D eigenvalue weighted by Crippen LogP contribution is 2.33. The molecule has 2 saturated carbocycles. The fourth-order valence-corrected chi connectivity index (χ4v) is 4.27. The Labute approximate surface area is 159 Å². The van der Waals surface area contributed by atoms with Gasteiger partial charge in [0.05, 0.1) is 19.1 Å². The van der Waals surface area contributed by atoms with Gasteiger partial charge in [-0.3, -0.25) is 9.59 Å². The molecule has 3 atom stereocenters. The molecule has 0 saturated heterocycles. The monoisotopic (exact) mass is 366 g/mol. The number of carbonyl (C=O) groups excluding carboxylic acids is 2. The quantitative estimate of drug-likeness (QED) is 0.411. The molecule has 0 aromatic carbocycles. The van der Waals surface area contributed by atoms with E-state index in [-0.39, 0.29) is 17.9 Å². The van der Waals surface area contributed by atoms with Crippen LogP contribution in [0.15, 0.2) is 0 Å². The molecule has 0 N–H and O–H groups in total. The Morgan fingerprint density at radius 3 is 2.35 bits per heavy atom. The molecule has 2 aliphatic rings. The molecule has 26 heavy (non-hydrogen) atoms. The summed E-state index contributed by atoms with van der Waals surface area (Å²) in [7, 11) is 0. The van der Waals surface area contributed by atoms with Crippen LogP contribution < -0.4 is 0 Å². The maximum absolute atomic E-state index is 11.9. The summed E-state index contributed by atoms with van der Waals surface area (Å²) in [4.78, 5) is 23.8. The number of rotatable bonds is 9. The number of carbonyl (C=O) groups is 2. The van der Waals surface area contributed by atoms with Crippen molar-refractivity contribution in [3.63, 3.8) is 0 Å². The average molecular weight is 367 g/mol. The van der Waals surface area contributed by atoms with Crippen LogP contribution in [0.1, 0.15) is 90.9 Å². The number of unbranched alkanes of at least 4 members (excludes halogenated alkanes) is 2. The Morgan fingerprint density at radius 2 is 1.62 bits per heavy atom. The average Bonchev–Trinajstić information content (AvgIpc) is 2.66. The van der Waals surface area contributed by atoms with Crippen molar-refractivity contribution in [2.75, 3.05) is 13.2 Å². The molecule has 0 spiro atoms. The largest absolute Gasteiger partial charge is 0.465 e. The fourth-order valence-electron chi connectivity index (χ4n) is 4.27. The topological polar surface area (TPSA) is 52.6 Å². The Hall–Kier alpha value is -1.06. The zero-order valence-corrected chi connectivity index (χ0v) is 16.8. The molecular formula is C22H38O4. The number of hydrogen-bond donors (Lipinski definition) is 0. The molecule has 2 aliphatic carbocycles. The van der Waals surface area contributed by atoms with Crippen LogP contribution in [0.3, 0.4) is 0 Å². The SMILES string of the molecule is CC1CCC(COC(=O)CCCCCOC(=O)C2CCCCC2)CC1C. The van der Waals surface area contributed by atoms with E-state index in [0.717, 1.165) is 56.8 Å². The van der Waals surface area contributed by atoms with E-state index in [1.54, 1.807) is 0 Å². The summed E-state index contributed by atoms with van der Waals surface area (Å²) in [5.41, 5.74) is 0. The summed E-state index contributed by atoms with van der Waals surface area (Å²) >= 11 is 0. The first kappa shape index (κ1) is 21.2. The number of hydrogen-bond acceptors (Lipinski definition) is 4. The van der Waals surface area contributed by atoms with Gasteiger partial charge in [0, 0.05) is 6.42 Å². The smallest absolute Gasteiger partial charge is 0.308 e. The maximum atomic E-state index is 11.9. The molecule has 2 fully saturated rings. The zero-order valence-electron chi connectivity index (χ0n) is 16.8. The fraction of sp³-hybridized carbons (Fsp3) is 0.909. The normalized spacial score (nSPS) is 27.1. The molecule has 3 unspecified atom stereocenters. The lowest BCUT2D eigenvalue weighted by Gasteiger charge is -2.31. The number of ether oxygens (including phenoxy) is 2. The summed E-state index contributed by atoms with van der Waals surface area (Å²) in [6.45, 7) is 5.70. The van der Waals surface area contributed by atoms with Crippen LogP contribution in [0, 0.1) is 23.7 Å². The minimum atomic E-state index is -0.0736. The first-order chi connectivity index (χ1) is 12.6. The highest BCUT2D eigenvalue weighted by molar-refractivity contribution is 5.72. The molecule has 150 valence electrons. The molecule has 0 radical (unpaired) electrons. The third-order valence-corrected chi connectivity index (χ3v) is 6.39. The summed E-state index contributed by atoms with van der Waals surface area (Å²) < 4.78 is 10.8. The maximum Gasteiger partial charge on any atom is 0.308 e. The third kappa shape index (κ3) is 7.67. The highest BCUT2D eigenvalue weighted by Gasteiger charge is 2.25. The van der Waals surface area contributed by atoms with E-state index < -0.39 is 0 Å². The molecule has 4 heteroatoms. The highest BCUT2D eigenvalue weighted by atomic mass is 16.5.